The summed E-state index contributed by atoms with van der Waals surface area (Å²) in [6.45, 7) is 8.64. The van der Waals surface area contributed by atoms with Crippen molar-refractivity contribution in [1.29, 1.82) is 0 Å². The first-order valence-electron chi connectivity index (χ1n) is 3.55. The van der Waals surface area contributed by atoms with Gasteiger partial charge in [0, 0.05) is 0 Å². The Bertz CT molecular complexity index is 264. The van der Waals surface area contributed by atoms with Crippen LogP contribution < -0.4 is 5.38 Å². The highest BCUT2D eigenvalue weighted by molar-refractivity contribution is 9.10. The lowest BCUT2D eigenvalue weighted by atomic mass is 10.5. The summed E-state index contributed by atoms with van der Waals surface area (Å²) in [6.07, 6.45) is 0. The van der Waals surface area contributed by atoms with Gasteiger partial charge in [-0.1, -0.05) is 24.8 Å². The van der Waals surface area contributed by atoms with E-state index in [0.717, 1.165) is 15.6 Å². The number of nitrogens with zero attached hydrogens (tertiary/aromatic N) is 1. The number of halogens is 1. The van der Waals surface area contributed by atoms with Crippen LogP contribution in [0.25, 0.3) is 0 Å². The van der Waals surface area contributed by atoms with Crippen LogP contribution in [0.2, 0.25) is 19.6 Å². The highest BCUT2D eigenvalue weighted by Crippen LogP contribution is 2.16. The first kappa shape index (κ1) is 9.00. The Kier molecular flexibility index (Phi) is 2.25. The molecule has 0 amide bonds. The Hall–Kier alpha value is -0.0931. The van der Waals surface area contributed by atoms with Crippen LogP contribution in [0.5, 0.6) is 0 Å². The van der Waals surface area contributed by atoms with Crippen LogP contribution in [-0.4, -0.2) is 13.2 Å². The van der Waals surface area contributed by atoms with Gasteiger partial charge in [-0.2, -0.15) is 0 Å². The fourth-order valence-electron chi connectivity index (χ4n) is 0.825. The Balaban J connectivity index is 3.15. The van der Waals surface area contributed by atoms with Crippen LogP contribution in [0.1, 0.15) is 5.69 Å². The topological polar surface area (TPSA) is 26.0 Å². The minimum atomic E-state index is -1.33. The summed E-state index contributed by atoms with van der Waals surface area (Å²) in [6, 6.07) is 0. The number of aryl methyl sites for hydroxylation is 1. The van der Waals surface area contributed by atoms with E-state index in [0.29, 0.717) is 0 Å². The summed E-state index contributed by atoms with van der Waals surface area (Å²) >= 11 is 3.46. The van der Waals surface area contributed by atoms with Gasteiger partial charge < -0.3 is 4.52 Å². The van der Waals surface area contributed by atoms with Crippen molar-refractivity contribution >= 4 is 29.4 Å². The van der Waals surface area contributed by atoms with Crippen molar-refractivity contribution in [3.05, 3.63) is 10.2 Å². The molecule has 1 aromatic rings. The molecule has 1 rings (SSSR count). The molecule has 4 heteroatoms. The van der Waals surface area contributed by atoms with Crippen LogP contribution in [0.3, 0.4) is 0 Å². The van der Waals surface area contributed by atoms with E-state index >= 15 is 0 Å². The lowest BCUT2D eigenvalue weighted by molar-refractivity contribution is 0.437. The third-order valence-electron chi connectivity index (χ3n) is 1.47. The smallest absolute Gasteiger partial charge is 0.128 e. The van der Waals surface area contributed by atoms with Crippen LogP contribution in [0.15, 0.2) is 9.00 Å². The standard InChI is InChI=1S/C7H12BrNOSi/c1-5-6(8)7(10-9-5)11(2,3)4/h1-4H3. The zero-order valence-electron chi connectivity index (χ0n) is 7.23. The minimum absolute atomic E-state index is 0.947. The van der Waals surface area contributed by atoms with Gasteiger partial charge in [0.05, 0.1) is 10.2 Å². The maximum Gasteiger partial charge on any atom is 0.128 e. The number of aromatic nitrogens is 1. The molecule has 0 saturated carbocycles. The van der Waals surface area contributed by atoms with Gasteiger partial charge in [0.15, 0.2) is 0 Å². The van der Waals surface area contributed by atoms with Gasteiger partial charge in [-0.25, -0.2) is 0 Å². The molecule has 11 heavy (non-hydrogen) atoms. The Morgan fingerprint density at radius 1 is 1.36 bits per heavy atom. The summed E-state index contributed by atoms with van der Waals surface area (Å²) < 4.78 is 6.28. The van der Waals surface area contributed by atoms with Crippen molar-refractivity contribution in [2.75, 3.05) is 0 Å². The van der Waals surface area contributed by atoms with Gasteiger partial charge in [0.1, 0.15) is 13.5 Å². The maximum absolute atomic E-state index is 5.22. The summed E-state index contributed by atoms with van der Waals surface area (Å²) in [5.74, 6) is 0. The molecule has 0 fully saturated rings. The lowest BCUT2D eigenvalue weighted by Crippen LogP contribution is -2.37. The Morgan fingerprint density at radius 2 is 1.91 bits per heavy atom. The number of rotatable bonds is 1. The normalized spacial score (nSPS) is 12.1. The average Bonchev–Trinajstić information content (AvgIpc) is 2.11. The van der Waals surface area contributed by atoms with Crippen molar-refractivity contribution < 1.29 is 4.52 Å². The van der Waals surface area contributed by atoms with E-state index in [1.165, 1.54) is 0 Å². The van der Waals surface area contributed by atoms with E-state index in [9.17, 15) is 0 Å². The second kappa shape index (κ2) is 2.75. The maximum atomic E-state index is 5.22. The second-order valence-electron chi connectivity index (χ2n) is 3.66. The van der Waals surface area contributed by atoms with Gasteiger partial charge in [-0.05, 0) is 22.9 Å². The van der Waals surface area contributed by atoms with Crippen LogP contribution in [0.4, 0.5) is 0 Å². The van der Waals surface area contributed by atoms with Gasteiger partial charge >= 0.3 is 0 Å². The molecule has 0 spiro atoms. The molecule has 0 aliphatic heterocycles. The highest BCUT2D eigenvalue weighted by atomic mass is 79.9. The summed E-state index contributed by atoms with van der Waals surface area (Å²) in [5.41, 5.74) is 0.947. The fourth-order valence-corrected chi connectivity index (χ4v) is 3.91. The van der Waals surface area contributed by atoms with Crippen molar-refractivity contribution in [3.63, 3.8) is 0 Å². The molecule has 0 unspecified atom stereocenters. The van der Waals surface area contributed by atoms with E-state index in [1.807, 2.05) is 6.92 Å². The van der Waals surface area contributed by atoms with Gasteiger partial charge in [-0.15, -0.1) is 0 Å². The predicted octanol–water partition coefficient (Wildman–Crippen LogP) is 2.29. The molecule has 2 nitrogen and oxygen atoms in total. The Morgan fingerprint density at radius 3 is 2.09 bits per heavy atom. The molecular formula is C7H12BrNOSi. The van der Waals surface area contributed by atoms with Crippen LogP contribution >= 0.6 is 15.9 Å². The molecule has 0 atom stereocenters. The van der Waals surface area contributed by atoms with Crippen molar-refractivity contribution in [1.82, 2.24) is 5.16 Å². The summed E-state index contributed by atoms with van der Waals surface area (Å²) in [5, 5.41) is 4.95. The van der Waals surface area contributed by atoms with E-state index in [-0.39, 0.29) is 0 Å². The third kappa shape index (κ3) is 1.73. The third-order valence-corrected chi connectivity index (χ3v) is 4.48. The van der Waals surface area contributed by atoms with Crippen LogP contribution in [0, 0.1) is 6.92 Å². The molecule has 0 aliphatic carbocycles. The molecule has 0 aromatic carbocycles. The molecule has 62 valence electrons. The number of hydrogen-bond donors (Lipinski definition) is 0. The van der Waals surface area contributed by atoms with Crippen LogP contribution in [-0.2, 0) is 0 Å². The fraction of sp³-hybridized carbons (Fsp3) is 0.571. The molecule has 1 heterocycles. The quantitative estimate of drug-likeness (QED) is 0.697. The predicted molar refractivity (Wildman–Crippen MR) is 51.9 cm³/mol. The molecular weight excluding hydrogens is 222 g/mol. The van der Waals surface area contributed by atoms with Gasteiger partial charge in [0.25, 0.3) is 0 Å². The summed E-state index contributed by atoms with van der Waals surface area (Å²) in [7, 11) is -1.33. The SMILES string of the molecule is Cc1noc([Si](C)(C)C)c1Br. The molecule has 0 bridgehead atoms. The largest absolute Gasteiger partial charge is 0.365 e. The lowest BCUT2D eigenvalue weighted by Gasteiger charge is -2.10. The van der Waals surface area contributed by atoms with Crippen molar-refractivity contribution in [2.45, 2.75) is 26.6 Å². The first-order valence-corrected chi connectivity index (χ1v) is 7.84. The zero-order chi connectivity index (χ0) is 8.65. The number of hydrogen-bond acceptors (Lipinski definition) is 2. The van der Waals surface area contributed by atoms with E-state index in [4.69, 9.17) is 4.52 Å². The minimum Gasteiger partial charge on any atom is -0.365 e. The van der Waals surface area contributed by atoms with Crippen molar-refractivity contribution in [3.8, 4) is 0 Å². The second-order valence-corrected chi connectivity index (χ2v) is 9.41. The molecule has 0 N–H and O–H groups in total. The highest BCUT2D eigenvalue weighted by Gasteiger charge is 2.25. The van der Waals surface area contributed by atoms with Gasteiger partial charge in [-0.3, -0.25) is 0 Å². The van der Waals surface area contributed by atoms with Gasteiger partial charge in [0.2, 0.25) is 0 Å². The Labute approximate surface area is 76.1 Å². The molecule has 0 saturated heterocycles. The van der Waals surface area contributed by atoms with Crippen molar-refractivity contribution in [2.24, 2.45) is 0 Å². The zero-order valence-corrected chi connectivity index (χ0v) is 9.82. The summed E-state index contributed by atoms with van der Waals surface area (Å²) in [4.78, 5) is 0. The molecule has 1 aromatic heterocycles. The average molecular weight is 234 g/mol. The molecule has 0 aliphatic rings. The van der Waals surface area contributed by atoms with E-state index in [2.05, 4.69) is 40.7 Å². The van der Waals surface area contributed by atoms with E-state index in [1.54, 1.807) is 0 Å². The first-order chi connectivity index (χ1) is 4.93. The molecule has 0 radical (unpaired) electrons. The monoisotopic (exact) mass is 233 g/mol. The van der Waals surface area contributed by atoms with E-state index < -0.39 is 8.07 Å².